The summed E-state index contributed by atoms with van der Waals surface area (Å²) < 4.78 is 44.9. The highest BCUT2D eigenvalue weighted by Gasteiger charge is 2.13. The highest BCUT2D eigenvalue weighted by Crippen LogP contribution is 2.33. The number of phenolic OH excluding ortho intramolecular Hbond substituents is 1. The number of sulfonamides is 1. The average molecular weight is 354 g/mol. The second-order valence-electron chi connectivity index (χ2n) is 5.11. The van der Waals surface area contributed by atoms with E-state index in [0.29, 0.717) is 0 Å². The molecular weight excluding hydrogens is 335 g/mol. The second-order valence-corrected chi connectivity index (χ2v) is 6.95. The van der Waals surface area contributed by atoms with E-state index in [1.165, 1.54) is 12.1 Å². The van der Waals surface area contributed by atoms with Gasteiger partial charge in [-0.25, -0.2) is 12.8 Å². The Morgan fingerprint density at radius 2 is 1.92 bits per heavy atom. The van der Waals surface area contributed by atoms with Crippen molar-refractivity contribution in [1.29, 1.82) is 0 Å². The van der Waals surface area contributed by atoms with Gasteiger partial charge < -0.3 is 15.6 Å². The van der Waals surface area contributed by atoms with Crippen molar-refractivity contribution in [2.24, 2.45) is 5.73 Å². The minimum absolute atomic E-state index is 0.0357. The third-order valence-electron chi connectivity index (χ3n) is 3.24. The van der Waals surface area contributed by atoms with Crippen LogP contribution in [0.25, 0.3) is 0 Å². The molecule has 0 heterocycles. The Labute approximate surface area is 140 Å². The number of ether oxygens (including phenoxy) is 1. The van der Waals surface area contributed by atoms with Crippen LogP contribution in [0.4, 0.5) is 10.1 Å². The summed E-state index contributed by atoms with van der Waals surface area (Å²) in [5.74, 6) is -1.13. The van der Waals surface area contributed by atoms with Crippen molar-refractivity contribution >= 4 is 15.7 Å². The summed E-state index contributed by atoms with van der Waals surface area (Å²) in [6.45, 7) is 1.91. The lowest BCUT2D eigenvalue weighted by Crippen LogP contribution is -2.22. The number of benzene rings is 2. The molecule has 4 N–H and O–H groups in total. The number of nitrogens with two attached hydrogens (primary N) is 1. The lowest BCUT2D eigenvalue weighted by molar-refractivity contribution is 0.395. The van der Waals surface area contributed by atoms with Crippen LogP contribution in [0, 0.1) is 5.82 Å². The summed E-state index contributed by atoms with van der Waals surface area (Å²) in [7, 11) is -3.61. The van der Waals surface area contributed by atoms with Gasteiger partial charge in [-0.15, -0.1) is 0 Å². The van der Waals surface area contributed by atoms with Crippen LogP contribution < -0.4 is 15.2 Å². The van der Waals surface area contributed by atoms with Gasteiger partial charge in [0.25, 0.3) is 0 Å². The van der Waals surface area contributed by atoms with E-state index in [1.807, 2.05) is 6.92 Å². The van der Waals surface area contributed by atoms with Crippen molar-refractivity contribution in [3.05, 3.63) is 47.8 Å². The van der Waals surface area contributed by atoms with Crippen LogP contribution in [0.5, 0.6) is 17.2 Å². The highest BCUT2D eigenvalue weighted by atomic mass is 32.2. The highest BCUT2D eigenvalue weighted by molar-refractivity contribution is 7.92. The zero-order chi connectivity index (χ0) is 17.7. The van der Waals surface area contributed by atoms with Crippen LogP contribution in [-0.4, -0.2) is 25.8 Å². The first-order valence-corrected chi connectivity index (χ1v) is 8.99. The molecule has 0 fully saturated rings. The zero-order valence-corrected chi connectivity index (χ0v) is 13.9. The number of rotatable bonds is 7. The second kappa shape index (κ2) is 7.50. The molecule has 0 spiro atoms. The molecule has 0 aromatic heterocycles. The number of halogens is 1. The Morgan fingerprint density at radius 3 is 2.50 bits per heavy atom. The summed E-state index contributed by atoms with van der Waals surface area (Å²) in [6, 6.07) is 8.50. The first kappa shape index (κ1) is 18.0. The van der Waals surface area contributed by atoms with E-state index in [9.17, 15) is 17.9 Å². The van der Waals surface area contributed by atoms with Gasteiger partial charge in [-0.1, -0.05) is 13.0 Å². The topological polar surface area (TPSA) is 102 Å². The Balaban J connectivity index is 2.18. The molecule has 2 aromatic rings. The molecule has 0 aliphatic heterocycles. The van der Waals surface area contributed by atoms with E-state index < -0.39 is 15.8 Å². The van der Waals surface area contributed by atoms with Crippen molar-refractivity contribution in [2.45, 2.75) is 13.3 Å². The van der Waals surface area contributed by atoms with Crippen LogP contribution in [0.2, 0.25) is 0 Å². The largest absolute Gasteiger partial charge is 0.504 e. The molecular formula is C16H19FN2O4S. The summed E-state index contributed by atoms with van der Waals surface area (Å²) >= 11 is 0. The number of phenols is 1. The number of hydrogen-bond acceptors (Lipinski definition) is 5. The first-order chi connectivity index (χ1) is 11.3. The fourth-order valence-corrected chi connectivity index (χ4v) is 2.92. The third-order valence-corrected chi connectivity index (χ3v) is 4.56. The normalized spacial score (nSPS) is 11.3. The average Bonchev–Trinajstić information content (AvgIpc) is 2.51. The SMILES string of the molecule is CCc1ccc(Oc2ccc(NS(=O)(=O)CCN)cc2F)c(O)c1. The van der Waals surface area contributed by atoms with Crippen molar-refractivity contribution in [1.82, 2.24) is 0 Å². The number of nitrogens with one attached hydrogen (secondary N) is 1. The summed E-state index contributed by atoms with van der Waals surface area (Å²) in [5.41, 5.74) is 6.20. The lowest BCUT2D eigenvalue weighted by Gasteiger charge is -2.11. The molecule has 24 heavy (non-hydrogen) atoms. The minimum atomic E-state index is -3.61. The van der Waals surface area contributed by atoms with Gasteiger partial charge in [0.1, 0.15) is 0 Å². The number of hydrogen-bond donors (Lipinski definition) is 3. The van der Waals surface area contributed by atoms with E-state index in [0.717, 1.165) is 18.1 Å². The van der Waals surface area contributed by atoms with Gasteiger partial charge in [-0.2, -0.15) is 0 Å². The Bertz CT molecular complexity index is 825. The van der Waals surface area contributed by atoms with Crippen LogP contribution in [0.3, 0.4) is 0 Å². The molecule has 0 aliphatic rings. The molecule has 0 radical (unpaired) electrons. The molecule has 2 aromatic carbocycles. The summed E-state index contributed by atoms with van der Waals surface area (Å²) in [6.07, 6.45) is 0.750. The molecule has 0 atom stereocenters. The summed E-state index contributed by atoms with van der Waals surface area (Å²) in [5, 5.41) is 9.89. The van der Waals surface area contributed by atoms with E-state index in [-0.39, 0.29) is 35.2 Å². The Kier molecular flexibility index (Phi) is 5.63. The van der Waals surface area contributed by atoms with Gasteiger partial charge >= 0.3 is 0 Å². The Hall–Kier alpha value is -2.32. The van der Waals surface area contributed by atoms with Crippen molar-refractivity contribution < 1.29 is 22.7 Å². The predicted octanol–water partition coefficient (Wildman–Crippen LogP) is 2.59. The predicted molar refractivity (Wildman–Crippen MR) is 90.4 cm³/mol. The zero-order valence-electron chi connectivity index (χ0n) is 13.1. The maximum Gasteiger partial charge on any atom is 0.233 e. The molecule has 2 rings (SSSR count). The standard InChI is InChI=1S/C16H19FN2O4S/c1-2-11-3-5-16(14(20)9-11)23-15-6-4-12(10-13(15)17)19-24(21,22)8-7-18/h3-6,9-10,19-20H,2,7-8,18H2,1H3. The molecule has 0 aliphatic carbocycles. The number of aryl methyl sites for hydroxylation is 1. The van der Waals surface area contributed by atoms with Crippen molar-refractivity contribution in [3.63, 3.8) is 0 Å². The van der Waals surface area contributed by atoms with Crippen molar-refractivity contribution in [3.8, 4) is 17.2 Å². The molecule has 0 saturated heterocycles. The van der Waals surface area contributed by atoms with Crippen LogP contribution in [-0.2, 0) is 16.4 Å². The maximum atomic E-state index is 14.1. The quantitative estimate of drug-likeness (QED) is 0.709. The first-order valence-electron chi connectivity index (χ1n) is 7.34. The van der Waals surface area contributed by atoms with E-state index >= 15 is 0 Å². The smallest absolute Gasteiger partial charge is 0.233 e. The molecule has 6 nitrogen and oxygen atoms in total. The molecule has 0 saturated carbocycles. The molecule has 0 bridgehead atoms. The van der Waals surface area contributed by atoms with E-state index in [1.54, 1.807) is 18.2 Å². The molecule has 0 unspecified atom stereocenters. The molecule has 8 heteroatoms. The number of aromatic hydroxyl groups is 1. The Morgan fingerprint density at radius 1 is 1.21 bits per heavy atom. The lowest BCUT2D eigenvalue weighted by atomic mass is 10.1. The van der Waals surface area contributed by atoms with E-state index in [4.69, 9.17) is 10.5 Å². The van der Waals surface area contributed by atoms with Gasteiger partial charge in [0.15, 0.2) is 23.1 Å². The maximum absolute atomic E-state index is 14.1. The molecule has 0 amide bonds. The van der Waals surface area contributed by atoms with Crippen LogP contribution in [0.15, 0.2) is 36.4 Å². The van der Waals surface area contributed by atoms with Gasteiger partial charge in [-0.05, 0) is 36.2 Å². The van der Waals surface area contributed by atoms with Gasteiger partial charge in [0, 0.05) is 12.6 Å². The third kappa shape index (κ3) is 4.59. The fourth-order valence-electron chi connectivity index (χ4n) is 2.02. The van der Waals surface area contributed by atoms with Crippen LogP contribution >= 0.6 is 0 Å². The van der Waals surface area contributed by atoms with E-state index in [2.05, 4.69) is 4.72 Å². The summed E-state index contributed by atoms with van der Waals surface area (Å²) in [4.78, 5) is 0. The minimum Gasteiger partial charge on any atom is -0.504 e. The molecule has 130 valence electrons. The van der Waals surface area contributed by atoms with Gasteiger partial charge in [0.05, 0.1) is 11.4 Å². The van der Waals surface area contributed by atoms with Gasteiger partial charge in [-0.3, -0.25) is 4.72 Å². The fraction of sp³-hybridized carbons (Fsp3) is 0.250. The van der Waals surface area contributed by atoms with Gasteiger partial charge in [0.2, 0.25) is 10.0 Å². The monoisotopic (exact) mass is 354 g/mol. The van der Waals surface area contributed by atoms with Crippen LogP contribution in [0.1, 0.15) is 12.5 Å². The number of anilines is 1. The van der Waals surface area contributed by atoms with Crippen molar-refractivity contribution in [2.75, 3.05) is 17.0 Å².